The number of hydrogen-bond acceptors (Lipinski definition) is 4. The minimum Gasteiger partial charge on any atom is -0.392 e. The average molecular weight is 358 g/mol. The second kappa shape index (κ2) is 5.62. The second-order valence-corrected chi connectivity index (χ2v) is 9.80. The molecule has 0 radical (unpaired) electrons. The number of epoxide rings is 1. The van der Waals surface area contributed by atoms with E-state index in [1.54, 1.807) is 0 Å². The van der Waals surface area contributed by atoms with Crippen LogP contribution in [-0.4, -0.2) is 35.0 Å². The van der Waals surface area contributed by atoms with Crippen molar-refractivity contribution in [3.8, 4) is 0 Å². The van der Waals surface area contributed by atoms with E-state index in [0.717, 1.165) is 19.3 Å². The van der Waals surface area contributed by atoms with Crippen LogP contribution in [0.1, 0.15) is 59.3 Å². The molecule has 0 aromatic carbocycles. The maximum absolute atomic E-state index is 12.8. The molecule has 26 heavy (non-hydrogen) atoms. The number of ether oxygens (including phenoxy) is 1. The van der Waals surface area contributed by atoms with Gasteiger partial charge in [0.1, 0.15) is 0 Å². The van der Waals surface area contributed by atoms with Gasteiger partial charge in [0.2, 0.25) is 0 Å². The van der Waals surface area contributed by atoms with E-state index in [9.17, 15) is 14.7 Å². The van der Waals surface area contributed by atoms with Crippen LogP contribution in [0.2, 0.25) is 0 Å². The molecule has 1 aliphatic heterocycles. The zero-order valence-electron chi connectivity index (χ0n) is 16.1. The van der Waals surface area contributed by atoms with Gasteiger partial charge in [-0.1, -0.05) is 39.3 Å². The molecule has 2 saturated carbocycles. The number of ketones is 2. The lowest BCUT2D eigenvalue weighted by atomic mass is 9.46. The average Bonchev–Trinajstić information content (AvgIpc) is 3.30. The van der Waals surface area contributed by atoms with Crippen LogP contribution in [0.3, 0.4) is 0 Å². The van der Waals surface area contributed by atoms with Crippen molar-refractivity contribution in [3.63, 3.8) is 0 Å². The maximum Gasteiger partial charge on any atom is 0.193 e. The van der Waals surface area contributed by atoms with Crippen LogP contribution in [0.25, 0.3) is 0 Å². The molecule has 0 aromatic rings. The number of fused-ring (bicyclic) bond motifs is 2. The summed E-state index contributed by atoms with van der Waals surface area (Å²) in [4.78, 5) is 25.2. The first-order valence-electron chi connectivity index (χ1n) is 9.91. The fraction of sp³-hybridized carbons (Fsp3) is 0.727. The molecule has 0 aromatic heterocycles. The van der Waals surface area contributed by atoms with Crippen molar-refractivity contribution in [2.75, 3.05) is 6.61 Å². The van der Waals surface area contributed by atoms with Crippen LogP contribution < -0.4 is 0 Å². The van der Waals surface area contributed by atoms with Gasteiger partial charge in [-0.05, 0) is 60.8 Å². The molecule has 1 saturated heterocycles. The molecule has 4 rings (SSSR count). The minimum atomic E-state index is -1.00. The normalized spacial score (nSPS) is 44.2. The Kier molecular flexibility index (Phi) is 3.92. The summed E-state index contributed by atoms with van der Waals surface area (Å²) >= 11 is 0. The van der Waals surface area contributed by atoms with Crippen molar-refractivity contribution in [2.45, 2.75) is 71.0 Å². The van der Waals surface area contributed by atoms with Crippen LogP contribution in [0, 0.1) is 22.7 Å². The zero-order chi connectivity index (χ0) is 18.9. The van der Waals surface area contributed by atoms with Crippen molar-refractivity contribution < 1.29 is 19.4 Å². The first kappa shape index (κ1) is 18.1. The van der Waals surface area contributed by atoms with Crippen molar-refractivity contribution in [1.82, 2.24) is 0 Å². The molecule has 1 heterocycles. The number of carbonyl (C=O) groups is 2. The molecule has 0 spiro atoms. The van der Waals surface area contributed by atoms with Crippen molar-refractivity contribution in [2.24, 2.45) is 22.7 Å². The summed E-state index contributed by atoms with van der Waals surface area (Å²) in [6, 6.07) is 0. The Morgan fingerprint density at radius 1 is 1.27 bits per heavy atom. The molecule has 4 aliphatic rings. The number of aliphatic hydroxyl groups is 1. The van der Waals surface area contributed by atoms with E-state index in [2.05, 4.69) is 27.4 Å². The highest BCUT2D eigenvalue weighted by atomic mass is 16.6. The lowest BCUT2D eigenvalue weighted by Crippen LogP contribution is -2.51. The van der Waals surface area contributed by atoms with Gasteiger partial charge in [-0.3, -0.25) is 9.59 Å². The molecule has 0 amide bonds. The third-order valence-electron chi connectivity index (χ3n) is 7.97. The van der Waals surface area contributed by atoms with Gasteiger partial charge in [0, 0.05) is 5.57 Å². The van der Waals surface area contributed by atoms with Gasteiger partial charge >= 0.3 is 0 Å². The second-order valence-electron chi connectivity index (χ2n) is 9.80. The molecule has 3 fully saturated rings. The van der Waals surface area contributed by atoms with E-state index in [-0.39, 0.29) is 28.5 Å². The van der Waals surface area contributed by atoms with Crippen LogP contribution in [0.15, 0.2) is 23.8 Å². The molecule has 4 heteroatoms. The van der Waals surface area contributed by atoms with E-state index in [4.69, 9.17) is 4.74 Å². The Morgan fingerprint density at radius 2 is 2.00 bits per heavy atom. The van der Waals surface area contributed by atoms with Crippen molar-refractivity contribution >= 4 is 11.6 Å². The van der Waals surface area contributed by atoms with Gasteiger partial charge in [0.25, 0.3) is 0 Å². The van der Waals surface area contributed by atoms with Crippen molar-refractivity contribution in [3.05, 3.63) is 23.8 Å². The third kappa shape index (κ3) is 2.34. The topological polar surface area (TPSA) is 66.9 Å². The quantitative estimate of drug-likeness (QED) is 0.620. The van der Waals surface area contributed by atoms with Gasteiger partial charge in [-0.25, -0.2) is 0 Å². The molecule has 3 aliphatic carbocycles. The summed E-state index contributed by atoms with van der Waals surface area (Å²) in [5, 5.41) is 9.30. The molecule has 5 atom stereocenters. The number of rotatable bonds is 3. The summed E-state index contributed by atoms with van der Waals surface area (Å²) in [7, 11) is 0. The van der Waals surface area contributed by atoms with Gasteiger partial charge in [-0.2, -0.15) is 0 Å². The summed E-state index contributed by atoms with van der Waals surface area (Å²) in [5.74, 6) is 0.427. The van der Waals surface area contributed by atoms with Gasteiger partial charge in [-0.15, -0.1) is 0 Å². The number of Topliss-reactive ketones (excluding diaryl/α,β-unsaturated/α-hetero) is 1. The highest BCUT2D eigenvalue weighted by Gasteiger charge is 2.69. The Labute approximate surface area is 155 Å². The molecule has 0 bridgehead atoms. The Morgan fingerprint density at radius 3 is 2.69 bits per heavy atom. The zero-order valence-corrected chi connectivity index (χ0v) is 16.1. The molecular formula is C22H30O4. The fourth-order valence-corrected chi connectivity index (χ4v) is 6.48. The van der Waals surface area contributed by atoms with Gasteiger partial charge in [0.05, 0.1) is 6.61 Å². The molecule has 1 N–H and O–H groups in total. The van der Waals surface area contributed by atoms with Crippen LogP contribution in [0.4, 0.5) is 0 Å². The third-order valence-corrected chi connectivity index (χ3v) is 7.97. The van der Waals surface area contributed by atoms with E-state index >= 15 is 0 Å². The molecule has 142 valence electrons. The van der Waals surface area contributed by atoms with E-state index < -0.39 is 18.3 Å². The van der Waals surface area contributed by atoms with Crippen LogP contribution in [0.5, 0.6) is 0 Å². The SMILES string of the molecule is C=C1CC[C@H]2C(C)(C)CCC[C@]2(C)[C@H]1C[C@@]12O[C@@H]1C(=O)C(CO)=CC2=O. The van der Waals surface area contributed by atoms with Crippen LogP contribution in [-0.2, 0) is 14.3 Å². The standard InChI is InChI=1S/C22H30O4/c1-13-6-7-16-20(2,3)8-5-9-21(16,4)15(13)11-22-17(24)10-14(12-23)18(25)19(22)26-22/h10,15-16,19,23H,1,5-9,11-12H2,2-4H3/t15-,16-,19+,21+,22-/m0/s1. The molecule has 4 nitrogen and oxygen atoms in total. The highest BCUT2D eigenvalue weighted by Crippen LogP contribution is 2.63. The summed E-state index contributed by atoms with van der Waals surface area (Å²) in [6.45, 7) is 11.1. The van der Waals surface area contributed by atoms with E-state index in [1.165, 1.54) is 24.5 Å². The van der Waals surface area contributed by atoms with Gasteiger partial charge in [0.15, 0.2) is 23.3 Å². The number of hydrogen-bond donors (Lipinski definition) is 1. The maximum atomic E-state index is 12.8. The summed E-state index contributed by atoms with van der Waals surface area (Å²) in [6.07, 6.45) is 6.91. The monoisotopic (exact) mass is 358 g/mol. The lowest BCUT2D eigenvalue weighted by molar-refractivity contribution is -0.124. The smallest absolute Gasteiger partial charge is 0.193 e. The van der Waals surface area contributed by atoms with E-state index in [0.29, 0.717) is 17.8 Å². The number of aliphatic hydroxyl groups excluding tert-OH is 1. The first-order valence-corrected chi connectivity index (χ1v) is 9.91. The van der Waals surface area contributed by atoms with Gasteiger partial charge < -0.3 is 9.84 Å². The molecule has 0 unspecified atom stereocenters. The summed E-state index contributed by atoms with van der Waals surface area (Å²) in [5.41, 5.74) is 0.785. The lowest BCUT2D eigenvalue weighted by Gasteiger charge is -2.58. The molecular weight excluding hydrogens is 328 g/mol. The first-order chi connectivity index (χ1) is 12.2. The predicted octanol–water partition coefficient (Wildman–Crippen LogP) is 3.38. The Balaban J connectivity index is 1.66. The van der Waals surface area contributed by atoms with E-state index in [1.807, 2.05) is 0 Å². The van der Waals surface area contributed by atoms with Crippen molar-refractivity contribution in [1.29, 1.82) is 0 Å². The highest BCUT2D eigenvalue weighted by molar-refractivity contribution is 6.18. The fourth-order valence-electron chi connectivity index (χ4n) is 6.48. The Bertz CT molecular complexity index is 718. The largest absolute Gasteiger partial charge is 0.392 e. The number of allylic oxidation sites excluding steroid dienone is 1. The van der Waals surface area contributed by atoms with Crippen LogP contribution >= 0.6 is 0 Å². The summed E-state index contributed by atoms with van der Waals surface area (Å²) < 4.78 is 5.75. The Hall–Kier alpha value is -1.26. The predicted molar refractivity (Wildman–Crippen MR) is 98.5 cm³/mol. The minimum absolute atomic E-state index is 0.104. The number of carbonyl (C=O) groups excluding carboxylic acids is 2.